The quantitative estimate of drug-likeness (QED) is 0.572. The highest BCUT2D eigenvalue weighted by Gasteiger charge is 2.11. The molecule has 100 valence electrons. The van der Waals surface area contributed by atoms with Gasteiger partial charge in [-0.2, -0.15) is 0 Å². The topological polar surface area (TPSA) is 75.8 Å². The van der Waals surface area contributed by atoms with E-state index in [0.717, 1.165) is 18.8 Å². The predicted molar refractivity (Wildman–Crippen MR) is 72.2 cm³/mol. The highest BCUT2D eigenvalue weighted by Crippen LogP contribution is 2.24. The van der Waals surface area contributed by atoms with Crippen molar-refractivity contribution < 1.29 is 14.6 Å². The second kappa shape index (κ2) is 6.86. The molecule has 0 aromatic heterocycles. The molecule has 1 aromatic carbocycles. The van der Waals surface area contributed by atoms with Crippen LogP contribution in [0.1, 0.15) is 24.2 Å². The smallest absolute Gasteiger partial charge is 0.335 e. The molecule has 0 aliphatic carbocycles. The fourth-order valence-electron chi connectivity index (χ4n) is 1.74. The Morgan fingerprint density at radius 2 is 2.17 bits per heavy atom. The Bertz CT molecular complexity index is 407. The molecule has 0 fully saturated rings. The monoisotopic (exact) mass is 252 g/mol. The fraction of sp³-hybridized carbons (Fsp3) is 0.462. The van der Waals surface area contributed by atoms with Crippen LogP contribution in [0.4, 0.5) is 11.4 Å². The minimum absolute atomic E-state index is 0.206. The van der Waals surface area contributed by atoms with E-state index in [1.54, 1.807) is 12.1 Å². The molecule has 0 aliphatic rings. The van der Waals surface area contributed by atoms with Crippen molar-refractivity contribution in [2.45, 2.75) is 13.8 Å². The second-order valence-corrected chi connectivity index (χ2v) is 3.86. The number of hydrogen-bond donors (Lipinski definition) is 2. The van der Waals surface area contributed by atoms with E-state index in [1.807, 2.05) is 13.8 Å². The molecule has 0 heterocycles. The number of rotatable bonds is 7. The first kappa shape index (κ1) is 14.3. The van der Waals surface area contributed by atoms with Gasteiger partial charge < -0.3 is 20.5 Å². The summed E-state index contributed by atoms with van der Waals surface area (Å²) >= 11 is 0. The van der Waals surface area contributed by atoms with Gasteiger partial charge in [0.2, 0.25) is 0 Å². The molecule has 0 bridgehead atoms. The Labute approximate surface area is 107 Å². The third-order valence-electron chi connectivity index (χ3n) is 2.71. The molecule has 18 heavy (non-hydrogen) atoms. The summed E-state index contributed by atoms with van der Waals surface area (Å²) in [6.45, 7) is 6.82. The van der Waals surface area contributed by atoms with Crippen molar-refractivity contribution in [3.8, 4) is 0 Å². The van der Waals surface area contributed by atoms with Crippen molar-refractivity contribution in [2.24, 2.45) is 0 Å². The number of carbonyl (C=O) groups is 1. The summed E-state index contributed by atoms with van der Waals surface area (Å²) in [5.74, 6) is -0.967. The molecule has 0 atom stereocenters. The van der Waals surface area contributed by atoms with Crippen molar-refractivity contribution in [1.29, 1.82) is 0 Å². The summed E-state index contributed by atoms with van der Waals surface area (Å²) in [6.07, 6.45) is 0. The van der Waals surface area contributed by atoms with Crippen LogP contribution in [0.3, 0.4) is 0 Å². The summed E-state index contributed by atoms with van der Waals surface area (Å²) in [4.78, 5) is 12.9. The summed E-state index contributed by atoms with van der Waals surface area (Å²) in [5, 5.41) is 8.88. The standard InChI is InChI=1S/C13H20N2O3/c1-3-15(7-8-18-4-2)12-6-5-10(13(16)17)9-11(12)14/h5-6,9H,3-4,7-8,14H2,1-2H3,(H,16,17). The molecular formula is C13H20N2O3. The number of anilines is 2. The molecule has 0 aliphatic heterocycles. The highest BCUT2D eigenvalue weighted by molar-refractivity contribution is 5.90. The van der Waals surface area contributed by atoms with Crippen molar-refractivity contribution in [2.75, 3.05) is 36.9 Å². The van der Waals surface area contributed by atoms with Gasteiger partial charge in [-0.3, -0.25) is 0 Å². The first-order chi connectivity index (χ1) is 8.60. The predicted octanol–water partition coefficient (Wildman–Crippen LogP) is 1.83. The Morgan fingerprint density at radius 3 is 2.67 bits per heavy atom. The Balaban J connectivity index is 2.82. The fourth-order valence-corrected chi connectivity index (χ4v) is 1.74. The minimum atomic E-state index is -0.967. The zero-order chi connectivity index (χ0) is 13.5. The molecule has 0 saturated heterocycles. The molecule has 3 N–H and O–H groups in total. The number of carboxylic acids is 1. The van der Waals surface area contributed by atoms with Crippen LogP contribution < -0.4 is 10.6 Å². The molecule has 0 saturated carbocycles. The van der Waals surface area contributed by atoms with Crippen LogP contribution in [0.15, 0.2) is 18.2 Å². The molecule has 0 unspecified atom stereocenters. The average Bonchev–Trinajstić information content (AvgIpc) is 2.35. The largest absolute Gasteiger partial charge is 0.478 e. The summed E-state index contributed by atoms with van der Waals surface area (Å²) in [7, 11) is 0. The van der Waals surface area contributed by atoms with Gasteiger partial charge in [0, 0.05) is 19.7 Å². The molecule has 5 nitrogen and oxygen atoms in total. The Hall–Kier alpha value is -1.75. The first-order valence-electron chi connectivity index (χ1n) is 6.05. The van der Waals surface area contributed by atoms with Crippen molar-refractivity contribution >= 4 is 17.3 Å². The molecular weight excluding hydrogens is 232 g/mol. The van der Waals surface area contributed by atoms with Gasteiger partial charge in [0.1, 0.15) is 0 Å². The van der Waals surface area contributed by atoms with E-state index >= 15 is 0 Å². The van der Waals surface area contributed by atoms with Crippen LogP contribution in [-0.4, -0.2) is 37.4 Å². The number of carboxylic acid groups (broad SMARTS) is 1. The molecule has 1 rings (SSSR count). The van der Waals surface area contributed by atoms with E-state index in [0.29, 0.717) is 18.9 Å². The molecule has 0 spiro atoms. The summed E-state index contributed by atoms with van der Waals surface area (Å²) in [6, 6.07) is 4.80. The van der Waals surface area contributed by atoms with Crippen LogP contribution in [0.2, 0.25) is 0 Å². The number of ether oxygens (including phenoxy) is 1. The normalized spacial score (nSPS) is 10.3. The lowest BCUT2D eigenvalue weighted by Gasteiger charge is -2.24. The minimum Gasteiger partial charge on any atom is -0.478 e. The van der Waals surface area contributed by atoms with Gasteiger partial charge in [0.15, 0.2) is 0 Å². The van der Waals surface area contributed by atoms with E-state index in [-0.39, 0.29) is 5.56 Å². The Morgan fingerprint density at radius 1 is 1.44 bits per heavy atom. The highest BCUT2D eigenvalue weighted by atomic mass is 16.5. The number of aromatic carboxylic acids is 1. The lowest BCUT2D eigenvalue weighted by atomic mass is 10.1. The SMILES string of the molecule is CCOCCN(CC)c1ccc(C(=O)O)cc1N. The van der Waals surface area contributed by atoms with E-state index in [2.05, 4.69) is 4.90 Å². The number of benzene rings is 1. The Kier molecular flexibility index (Phi) is 5.45. The van der Waals surface area contributed by atoms with Crippen LogP contribution >= 0.6 is 0 Å². The average molecular weight is 252 g/mol. The van der Waals surface area contributed by atoms with Crippen molar-refractivity contribution in [3.05, 3.63) is 23.8 Å². The van der Waals surface area contributed by atoms with E-state index in [4.69, 9.17) is 15.6 Å². The van der Waals surface area contributed by atoms with Crippen LogP contribution in [0.25, 0.3) is 0 Å². The van der Waals surface area contributed by atoms with E-state index < -0.39 is 5.97 Å². The third-order valence-corrected chi connectivity index (χ3v) is 2.71. The first-order valence-corrected chi connectivity index (χ1v) is 6.05. The van der Waals surface area contributed by atoms with Crippen LogP contribution in [0.5, 0.6) is 0 Å². The number of hydrogen-bond acceptors (Lipinski definition) is 4. The zero-order valence-corrected chi connectivity index (χ0v) is 10.8. The van der Waals surface area contributed by atoms with Gasteiger partial charge in [0.05, 0.1) is 23.5 Å². The third kappa shape index (κ3) is 3.63. The molecule has 5 heteroatoms. The number of nitrogens with two attached hydrogens (primary N) is 1. The maximum absolute atomic E-state index is 10.8. The van der Waals surface area contributed by atoms with Gasteiger partial charge in [-0.05, 0) is 32.0 Å². The van der Waals surface area contributed by atoms with E-state index in [9.17, 15) is 4.79 Å². The van der Waals surface area contributed by atoms with Gasteiger partial charge in [-0.1, -0.05) is 0 Å². The van der Waals surface area contributed by atoms with Gasteiger partial charge >= 0.3 is 5.97 Å². The molecule has 0 amide bonds. The zero-order valence-electron chi connectivity index (χ0n) is 10.8. The van der Waals surface area contributed by atoms with Gasteiger partial charge in [-0.25, -0.2) is 4.79 Å². The number of nitrogens with zero attached hydrogens (tertiary/aromatic N) is 1. The maximum Gasteiger partial charge on any atom is 0.335 e. The van der Waals surface area contributed by atoms with Crippen LogP contribution in [0, 0.1) is 0 Å². The molecule has 1 aromatic rings. The summed E-state index contributed by atoms with van der Waals surface area (Å²) in [5.41, 5.74) is 7.43. The second-order valence-electron chi connectivity index (χ2n) is 3.86. The number of nitrogen functional groups attached to an aromatic ring is 1. The van der Waals surface area contributed by atoms with Gasteiger partial charge in [0.25, 0.3) is 0 Å². The lowest BCUT2D eigenvalue weighted by Crippen LogP contribution is -2.28. The lowest BCUT2D eigenvalue weighted by molar-refractivity contribution is 0.0697. The van der Waals surface area contributed by atoms with Crippen molar-refractivity contribution in [3.63, 3.8) is 0 Å². The van der Waals surface area contributed by atoms with Crippen LogP contribution in [-0.2, 0) is 4.74 Å². The molecule has 0 radical (unpaired) electrons. The van der Waals surface area contributed by atoms with Crippen molar-refractivity contribution in [1.82, 2.24) is 0 Å². The van der Waals surface area contributed by atoms with E-state index in [1.165, 1.54) is 6.07 Å². The van der Waals surface area contributed by atoms with Gasteiger partial charge in [-0.15, -0.1) is 0 Å². The number of likely N-dealkylation sites (N-methyl/N-ethyl adjacent to an activating group) is 1. The maximum atomic E-state index is 10.8. The summed E-state index contributed by atoms with van der Waals surface area (Å²) < 4.78 is 5.31.